The third-order valence-corrected chi connectivity index (χ3v) is 6.06. The molecule has 27 heavy (non-hydrogen) atoms. The summed E-state index contributed by atoms with van der Waals surface area (Å²) in [4.78, 5) is 13.2. The Morgan fingerprint density at radius 3 is 2.52 bits per heavy atom. The van der Waals surface area contributed by atoms with Crippen molar-refractivity contribution in [2.24, 2.45) is 0 Å². The van der Waals surface area contributed by atoms with Crippen LogP contribution in [0.25, 0.3) is 6.08 Å². The normalized spacial score (nSPS) is 19.8. The van der Waals surface area contributed by atoms with Crippen molar-refractivity contribution >= 4 is 33.6 Å². The predicted octanol–water partition coefficient (Wildman–Crippen LogP) is 1.15. The molecule has 8 heteroatoms. The number of sulfonamides is 1. The van der Waals surface area contributed by atoms with Gasteiger partial charge in [0.05, 0.1) is 19.6 Å². The third-order valence-electron chi connectivity index (χ3n) is 4.24. The van der Waals surface area contributed by atoms with Gasteiger partial charge in [-0.05, 0) is 44.5 Å². The molecule has 2 rings (SSSR count). The molecule has 2 N–H and O–H groups in total. The third kappa shape index (κ3) is 7.62. The average molecular weight is 415 g/mol. The zero-order valence-corrected chi connectivity index (χ0v) is 17.7. The van der Waals surface area contributed by atoms with Gasteiger partial charge in [0.1, 0.15) is 0 Å². The lowest BCUT2D eigenvalue weighted by atomic mass is 10.1. The Kier molecular flexibility index (Phi) is 7.45. The van der Waals surface area contributed by atoms with E-state index in [-0.39, 0.29) is 11.4 Å². The molecule has 0 saturated carbocycles. The van der Waals surface area contributed by atoms with E-state index in [1.165, 1.54) is 9.71 Å². The summed E-state index contributed by atoms with van der Waals surface area (Å²) in [6.45, 7) is 8.49. The summed E-state index contributed by atoms with van der Waals surface area (Å²) in [6.07, 6.45) is 2.31. The van der Waals surface area contributed by atoms with Crippen molar-refractivity contribution < 1.29 is 18.1 Å². The van der Waals surface area contributed by atoms with Crippen LogP contribution in [0.2, 0.25) is 5.02 Å². The van der Waals surface area contributed by atoms with Crippen LogP contribution in [-0.4, -0.2) is 56.9 Å². The summed E-state index contributed by atoms with van der Waals surface area (Å²) in [5.41, 5.74) is 0.522. The van der Waals surface area contributed by atoms with Crippen LogP contribution in [0.15, 0.2) is 29.7 Å². The molecule has 0 aromatic heterocycles. The van der Waals surface area contributed by atoms with Crippen LogP contribution in [-0.2, 0) is 14.8 Å². The van der Waals surface area contributed by atoms with Crippen molar-refractivity contribution in [3.63, 3.8) is 0 Å². The van der Waals surface area contributed by atoms with Crippen molar-refractivity contribution in [2.45, 2.75) is 32.7 Å². The van der Waals surface area contributed by atoms with Crippen molar-refractivity contribution in [3.05, 3.63) is 40.3 Å². The first-order valence-electron chi connectivity index (χ1n) is 9.13. The van der Waals surface area contributed by atoms with E-state index in [2.05, 4.69) is 5.32 Å². The number of amides is 1. The number of quaternary nitrogens is 1. The molecule has 0 radical (unpaired) electrons. The smallest absolute Gasteiger partial charge is 0.275 e. The second-order valence-corrected chi connectivity index (χ2v) is 10.1. The first-order chi connectivity index (χ1) is 12.5. The lowest BCUT2D eigenvalue weighted by Gasteiger charge is -2.23. The molecule has 1 aromatic carbocycles. The van der Waals surface area contributed by atoms with Crippen LogP contribution in [0.4, 0.5) is 0 Å². The minimum Gasteiger partial charge on any atom is -0.347 e. The highest BCUT2D eigenvalue weighted by molar-refractivity contribution is 7.92. The van der Waals surface area contributed by atoms with Crippen LogP contribution >= 0.6 is 11.6 Å². The van der Waals surface area contributed by atoms with E-state index in [0.29, 0.717) is 31.2 Å². The summed E-state index contributed by atoms with van der Waals surface area (Å²) < 4.78 is 26.7. The molecule has 0 bridgehead atoms. The molecule has 1 unspecified atom stereocenters. The van der Waals surface area contributed by atoms with Gasteiger partial charge < -0.3 is 10.2 Å². The number of nitrogens with zero attached hydrogens (tertiary/aromatic N) is 1. The number of hydrogen-bond donors (Lipinski definition) is 2. The number of rotatable bonds is 5. The maximum absolute atomic E-state index is 12.6. The van der Waals surface area contributed by atoms with Crippen molar-refractivity contribution in [1.82, 2.24) is 9.62 Å². The fraction of sp³-hybridized carbons (Fsp3) is 0.526. The minimum absolute atomic E-state index is 0.00330. The summed E-state index contributed by atoms with van der Waals surface area (Å²) in [6, 6.07) is 7.00. The zero-order valence-electron chi connectivity index (χ0n) is 16.2. The fourth-order valence-corrected chi connectivity index (χ4v) is 4.33. The second-order valence-electron chi connectivity index (χ2n) is 7.88. The monoisotopic (exact) mass is 414 g/mol. The van der Waals surface area contributed by atoms with E-state index >= 15 is 0 Å². The largest absolute Gasteiger partial charge is 0.347 e. The molecule has 1 saturated heterocycles. The van der Waals surface area contributed by atoms with Gasteiger partial charge in [0, 0.05) is 28.9 Å². The van der Waals surface area contributed by atoms with Crippen LogP contribution in [0.1, 0.15) is 32.8 Å². The van der Waals surface area contributed by atoms with Gasteiger partial charge in [-0.15, -0.1) is 0 Å². The highest BCUT2D eigenvalue weighted by Gasteiger charge is 2.26. The molecule has 6 nitrogen and oxygen atoms in total. The van der Waals surface area contributed by atoms with Gasteiger partial charge >= 0.3 is 0 Å². The van der Waals surface area contributed by atoms with E-state index in [9.17, 15) is 13.2 Å². The number of hydrogen-bond acceptors (Lipinski definition) is 3. The van der Waals surface area contributed by atoms with Gasteiger partial charge in [-0.1, -0.05) is 23.7 Å². The second kappa shape index (κ2) is 9.19. The lowest BCUT2D eigenvalue weighted by Crippen LogP contribution is -3.13. The van der Waals surface area contributed by atoms with Crippen molar-refractivity contribution in [1.29, 1.82) is 0 Å². The van der Waals surface area contributed by atoms with E-state index in [1.54, 1.807) is 30.3 Å². The highest BCUT2D eigenvalue weighted by Crippen LogP contribution is 2.13. The number of carbonyl (C=O) groups excluding carboxylic acids is 1. The minimum atomic E-state index is -3.49. The van der Waals surface area contributed by atoms with Crippen LogP contribution in [0, 0.1) is 0 Å². The van der Waals surface area contributed by atoms with Gasteiger partial charge in [-0.2, -0.15) is 4.31 Å². The predicted molar refractivity (Wildman–Crippen MR) is 109 cm³/mol. The zero-order chi connectivity index (χ0) is 20.1. The maximum Gasteiger partial charge on any atom is 0.275 e. The number of benzene rings is 1. The summed E-state index contributed by atoms with van der Waals surface area (Å²) in [5, 5.41) is 4.81. The number of nitrogens with one attached hydrogen (secondary N) is 2. The molecule has 1 atom stereocenters. The van der Waals surface area contributed by atoms with E-state index < -0.39 is 10.0 Å². The number of halogens is 1. The first kappa shape index (κ1) is 21.9. The Hall–Kier alpha value is -1.41. The Morgan fingerprint density at radius 2 is 1.89 bits per heavy atom. The highest BCUT2D eigenvalue weighted by atomic mass is 35.5. The van der Waals surface area contributed by atoms with Gasteiger partial charge in [0.2, 0.25) is 10.0 Å². The molecule has 150 valence electrons. The Morgan fingerprint density at radius 1 is 1.22 bits per heavy atom. The van der Waals surface area contributed by atoms with Crippen molar-refractivity contribution in [3.8, 4) is 0 Å². The molecular formula is C19H29ClN3O3S+. The standard InChI is InChI=1S/C19H28ClN3O3S/c1-19(2,3)21-18(24)15-22-10-4-11-23(13-12-22)27(25,26)14-9-16-5-7-17(20)8-6-16/h5-9,14H,4,10-13,15H2,1-3H3,(H,21,24)/p+1/b14-9+. The molecule has 1 aliphatic heterocycles. The SMILES string of the molecule is CC(C)(C)NC(=O)C[NH+]1CCCN(S(=O)(=O)/C=C/c2ccc(Cl)cc2)CC1. The average Bonchev–Trinajstić information content (AvgIpc) is 2.78. The maximum atomic E-state index is 12.6. The van der Waals surface area contributed by atoms with Crippen molar-refractivity contribution in [2.75, 3.05) is 32.7 Å². The molecular weight excluding hydrogens is 386 g/mol. The van der Waals surface area contributed by atoms with Crippen LogP contribution < -0.4 is 10.2 Å². The van der Waals surface area contributed by atoms with Gasteiger partial charge in [-0.25, -0.2) is 8.42 Å². The van der Waals surface area contributed by atoms with E-state index in [4.69, 9.17) is 11.6 Å². The molecule has 1 amide bonds. The quantitative estimate of drug-likeness (QED) is 0.759. The molecule has 1 fully saturated rings. The Balaban J connectivity index is 1.94. The topological polar surface area (TPSA) is 70.9 Å². The summed E-state index contributed by atoms with van der Waals surface area (Å²) in [7, 11) is -3.49. The lowest BCUT2D eigenvalue weighted by molar-refractivity contribution is -0.889. The molecule has 1 heterocycles. The van der Waals surface area contributed by atoms with Gasteiger partial charge in [0.25, 0.3) is 5.91 Å². The van der Waals surface area contributed by atoms with Gasteiger partial charge in [0.15, 0.2) is 6.54 Å². The Bertz CT molecular complexity index is 770. The van der Waals surface area contributed by atoms with Crippen LogP contribution in [0.5, 0.6) is 0 Å². The summed E-state index contributed by atoms with van der Waals surface area (Å²) in [5.74, 6) is -0.00330. The molecule has 0 spiro atoms. The molecule has 1 aromatic rings. The fourth-order valence-electron chi connectivity index (χ4n) is 2.97. The molecule has 1 aliphatic rings. The first-order valence-corrected chi connectivity index (χ1v) is 11.0. The summed E-state index contributed by atoms with van der Waals surface area (Å²) >= 11 is 5.85. The van der Waals surface area contributed by atoms with Crippen LogP contribution in [0.3, 0.4) is 0 Å². The van der Waals surface area contributed by atoms with E-state index in [1.807, 2.05) is 20.8 Å². The van der Waals surface area contributed by atoms with Gasteiger partial charge in [-0.3, -0.25) is 4.79 Å². The number of carbonyl (C=O) groups is 1. The Labute approximate surface area is 167 Å². The molecule has 0 aliphatic carbocycles. The van der Waals surface area contributed by atoms with E-state index in [0.717, 1.165) is 23.4 Å².